The second-order valence-electron chi connectivity index (χ2n) is 6.01. The van der Waals surface area contributed by atoms with Crippen molar-refractivity contribution in [1.82, 2.24) is 5.32 Å². The Morgan fingerprint density at radius 1 is 1.14 bits per heavy atom. The number of fused-ring (bicyclic) bond motifs is 2. The Hall–Kier alpha value is -1.27. The average molecular weight is 301 g/mol. The first-order valence-electron chi connectivity index (χ1n) is 7.13. The molecule has 0 aromatic heterocycles. The molecule has 2 atom stereocenters. The van der Waals surface area contributed by atoms with Crippen molar-refractivity contribution in [3.63, 3.8) is 0 Å². The molecule has 0 amide bonds. The van der Waals surface area contributed by atoms with Crippen molar-refractivity contribution < 1.29 is 23.0 Å². The number of ether oxygens (including phenoxy) is 1. The molecule has 1 aromatic rings. The molecule has 3 rings (SSSR count). The Labute approximate surface area is 121 Å². The summed E-state index contributed by atoms with van der Waals surface area (Å²) in [4.78, 5) is 0. The zero-order valence-corrected chi connectivity index (χ0v) is 11.5. The van der Waals surface area contributed by atoms with Crippen LogP contribution in [0.4, 0.5) is 13.2 Å². The van der Waals surface area contributed by atoms with Crippen molar-refractivity contribution in [3.8, 4) is 5.75 Å². The quantitative estimate of drug-likeness (QED) is 0.902. The van der Waals surface area contributed by atoms with E-state index >= 15 is 0 Å². The van der Waals surface area contributed by atoms with E-state index in [2.05, 4.69) is 10.1 Å². The van der Waals surface area contributed by atoms with Gasteiger partial charge in [-0.1, -0.05) is 12.1 Å². The van der Waals surface area contributed by atoms with E-state index in [1.54, 1.807) is 12.1 Å². The average Bonchev–Trinajstić information content (AvgIpc) is 2.76. The molecule has 3 nitrogen and oxygen atoms in total. The third-order valence-electron chi connectivity index (χ3n) is 4.30. The molecule has 1 aromatic carbocycles. The molecule has 0 radical (unpaired) electrons. The summed E-state index contributed by atoms with van der Waals surface area (Å²) < 4.78 is 41.0. The number of hydrogen-bond acceptors (Lipinski definition) is 3. The highest BCUT2D eigenvalue weighted by Gasteiger charge is 2.43. The first-order valence-corrected chi connectivity index (χ1v) is 7.13. The first kappa shape index (κ1) is 14.7. The Morgan fingerprint density at radius 3 is 2.24 bits per heavy atom. The molecule has 2 aliphatic heterocycles. The van der Waals surface area contributed by atoms with Gasteiger partial charge in [0.2, 0.25) is 0 Å². The van der Waals surface area contributed by atoms with Gasteiger partial charge in [0, 0.05) is 12.1 Å². The standard InChI is InChI=1S/C15H18F3NO2/c16-15(17,18)9-21-13-5-1-10(2-6-13)14(20)7-11-3-4-12(8-14)19-11/h1-2,5-6,11-12,19-20H,3-4,7-9H2. The summed E-state index contributed by atoms with van der Waals surface area (Å²) in [7, 11) is 0. The molecule has 21 heavy (non-hydrogen) atoms. The summed E-state index contributed by atoms with van der Waals surface area (Å²) in [6.45, 7) is -1.30. The van der Waals surface area contributed by atoms with E-state index in [4.69, 9.17) is 0 Å². The van der Waals surface area contributed by atoms with Gasteiger partial charge in [-0.3, -0.25) is 0 Å². The normalized spacial score (nSPS) is 32.2. The van der Waals surface area contributed by atoms with E-state index in [-0.39, 0.29) is 5.75 Å². The van der Waals surface area contributed by atoms with Gasteiger partial charge in [-0.25, -0.2) is 0 Å². The number of halogens is 3. The lowest BCUT2D eigenvalue weighted by molar-refractivity contribution is -0.153. The molecule has 2 N–H and O–H groups in total. The minimum Gasteiger partial charge on any atom is -0.484 e. The van der Waals surface area contributed by atoms with Crippen molar-refractivity contribution in [2.24, 2.45) is 0 Å². The number of alkyl halides is 3. The monoisotopic (exact) mass is 301 g/mol. The number of nitrogens with one attached hydrogen (secondary N) is 1. The summed E-state index contributed by atoms with van der Waals surface area (Å²) in [5.74, 6) is 0.164. The van der Waals surface area contributed by atoms with Gasteiger partial charge in [0.1, 0.15) is 5.75 Å². The number of aliphatic hydroxyl groups is 1. The maximum atomic E-state index is 12.1. The van der Waals surface area contributed by atoms with Crippen molar-refractivity contribution in [1.29, 1.82) is 0 Å². The summed E-state index contributed by atoms with van der Waals surface area (Å²) in [5, 5.41) is 14.3. The van der Waals surface area contributed by atoms with Gasteiger partial charge in [-0.2, -0.15) is 13.2 Å². The van der Waals surface area contributed by atoms with Crippen LogP contribution in [0.3, 0.4) is 0 Å². The van der Waals surface area contributed by atoms with Gasteiger partial charge in [0.25, 0.3) is 0 Å². The fourth-order valence-corrected chi connectivity index (χ4v) is 3.39. The molecule has 0 spiro atoms. The van der Waals surface area contributed by atoms with Crippen LogP contribution >= 0.6 is 0 Å². The second-order valence-corrected chi connectivity index (χ2v) is 6.01. The molecule has 2 bridgehead atoms. The van der Waals surface area contributed by atoms with Crippen LogP contribution in [0.15, 0.2) is 24.3 Å². The summed E-state index contributed by atoms with van der Waals surface area (Å²) in [6, 6.07) is 6.96. The summed E-state index contributed by atoms with van der Waals surface area (Å²) in [5.41, 5.74) is -0.139. The van der Waals surface area contributed by atoms with Gasteiger partial charge in [0.15, 0.2) is 6.61 Å². The molecule has 2 fully saturated rings. The fraction of sp³-hybridized carbons (Fsp3) is 0.600. The van der Waals surface area contributed by atoms with E-state index in [1.807, 2.05) is 0 Å². The number of hydrogen-bond donors (Lipinski definition) is 2. The van der Waals surface area contributed by atoms with Crippen molar-refractivity contribution in [2.45, 2.75) is 49.5 Å². The highest BCUT2D eigenvalue weighted by Crippen LogP contribution is 2.40. The van der Waals surface area contributed by atoms with E-state index in [0.29, 0.717) is 24.9 Å². The topological polar surface area (TPSA) is 41.5 Å². The van der Waals surface area contributed by atoms with Gasteiger partial charge in [0.05, 0.1) is 5.60 Å². The molecule has 2 unspecified atom stereocenters. The highest BCUT2D eigenvalue weighted by molar-refractivity contribution is 5.32. The van der Waals surface area contributed by atoms with Crippen molar-refractivity contribution in [2.75, 3.05) is 6.61 Å². The highest BCUT2D eigenvalue weighted by atomic mass is 19.4. The molecular weight excluding hydrogens is 283 g/mol. The molecule has 2 saturated heterocycles. The third-order valence-corrected chi connectivity index (χ3v) is 4.30. The van der Waals surface area contributed by atoms with Crippen LogP contribution in [-0.4, -0.2) is 30.0 Å². The Kier molecular flexibility index (Phi) is 3.61. The minimum absolute atomic E-state index is 0.164. The van der Waals surface area contributed by atoms with Gasteiger partial charge in [-0.05, 0) is 43.4 Å². The molecule has 2 aliphatic rings. The predicted octanol–water partition coefficient (Wildman–Crippen LogP) is 2.73. The largest absolute Gasteiger partial charge is 0.484 e. The second kappa shape index (κ2) is 5.18. The first-order chi connectivity index (χ1) is 9.84. The summed E-state index contributed by atoms with van der Waals surface area (Å²) >= 11 is 0. The van der Waals surface area contributed by atoms with Crippen LogP contribution in [0.1, 0.15) is 31.2 Å². The maximum Gasteiger partial charge on any atom is 0.422 e. The lowest BCUT2D eigenvalue weighted by Crippen LogP contribution is -2.46. The molecule has 0 saturated carbocycles. The van der Waals surface area contributed by atoms with E-state index in [9.17, 15) is 18.3 Å². The van der Waals surface area contributed by atoms with Crippen LogP contribution in [0.25, 0.3) is 0 Å². The number of piperidine rings is 1. The molecule has 6 heteroatoms. The SMILES string of the molecule is OC1(c2ccc(OCC(F)(F)F)cc2)CC2CCC(C1)N2. The van der Waals surface area contributed by atoms with Crippen LogP contribution in [0.5, 0.6) is 5.75 Å². The lowest BCUT2D eigenvalue weighted by atomic mass is 9.81. The van der Waals surface area contributed by atoms with Crippen LogP contribution < -0.4 is 10.1 Å². The Morgan fingerprint density at radius 2 is 1.71 bits per heavy atom. The van der Waals surface area contributed by atoms with Crippen LogP contribution in [0, 0.1) is 0 Å². The van der Waals surface area contributed by atoms with Crippen molar-refractivity contribution in [3.05, 3.63) is 29.8 Å². The number of benzene rings is 1. The van der Waals surface area contributed by atoms with Crippen LogP contribution in [-0.2, 0) is 5.60 Å². The van der Waals surface area contributed by atoms with Gasteiger partial charge in [-0.15, -0.1) is 0 Å². The van der Waals surface area contributed by atoms with E-state index in [1.165, 1.54) is 12.1 Å². The van der Waals surface area contributed by atoms with Gasteiger partial charge >= 0.3 is 6.18 Å². The number of rotatable bonds is 3. The van der Waals surface area contributed by atoms with Gasteiger partial charge < -0.3 is 15.2 Å². The van der Waals surface area contributed by atoms with Crippen LogP contribution in [0.2, 0.25) is 0 Å². The van der Waals surface area contributed by atoms with Crippen molar-refractivity contribution >= 4 is 0 Å². The maximum absolute atomic E-state index is 12.1. The summed E-state index contributed by atoms with van der Waals surface area (Å²) in [6.07, 6.45) is -0.914. The fourth-order valence-electron chi connectivity index (χ4n) is 3.39. The Balaban J connectivity index is 1.69. The third kappa shape index (κ3) is 3.32. The zero-order valence-electron chi connectivity index (χ0n) is 11.5. The van der Waals surface area contributed by atoms with E-state index < -0.39 is 18.4 Å². The predicted molar refractivity (Wildman–Crippen MR) is 71.1 cm³/mol. The molecule has 2 heterocycles. The molecule has 116 valence electrons. The zero-order chi connectivity index (χ0) is 15.1. The Bertz CT molecular complexity index is 489. The molecular formula is C15H18F3NO2. The smallest absolute Gasteiger partial charge is 0.422 e. The minimum atomic E-state index is -4.34. The molecule has 0 aliphatic carbocycles. The lowest BCUT2D eigenvalue weighted by Gasteiger charge is -2.37. The van der Waals surface area contributed by atoms with E-state index in [0.717, 1.165) is 18.4 Å².